The standard InChI is InChI=1S/C19H21N3O4S/c1-3-10(2)20-18(24)12-5-7-15-16(12)21-19(27-15)22-17(23)11-4-6-13-14(8-11)26-9-25-13/h4,6,8,10,12H,3,5,7,9H2,1-2H3,(H,20,24)(H,21,22,23)/t10-,12-/m1/s1. The summed E-state index contributed by atoms with van der Waals surface area (Å²) in [6, 6.07) is 5.20. The number of fused-ring (bicyclic) bond motifs is 2. The van der Waals surface area contributed by atoms with Crippen molar-refractivity contribution in [2.45, 2.75) is 45.1 Å². The lowest BCUT2D eigenvalue weighted by Gasteiger charge is -2.15. The molecule has 0 unspecified atom stereocenters. The van der Waals surface area contributed by atoms with E-state index in [9.17, 15) is 9.59 Å². The van der Waals surface area contributed by atoms with Gasteiger partial charge in [-0.05, 0) is 44.4 Å². The van der Waals surface area contributed by atoms with E-state index in [-0.39, 0.29) is 30.6 Å². The van der Waals surface area contributed by atoms with Crippen molar-refractivity contribution in [1.82, 2.24) is 10.3 Å². The van der Waals surface area contributed by atoms with Gasteiger partial charge in [-0.3, -0.25) is 14.9 Å². The van der Waals surface area contributed by atoms with Crippen LogP contribution in [0.5, 0.6) is 11.5 Å². The molecule has 7 nitrogen and oxygen atoms in total. The van der Waals surface area contributed by atoms with Gasteiger partial charge in [0.25, 0.3) is 5.91 Å². The first-order valence-corrected chi connectivity index (χ1v) is 9.87. The Morgan fingerprint density at radius 1 is 1.33 bits per heavy atom. The number of carbonyl (C=O) groups excluding carboxylic acids is 2. The predicted octanol–water partition coefficient (Wildman–Crippen LogP) is 3.07. The van der Waals surface area contributed by atoms with Gasteiger partial charge >= 0.3 is 0 Å². The molecule has 8 heteroatoms. The SMILES string of the molecule is CC[C@@H](C)NC(=O)[C@@H]1CCc2sc(NC(=O)c3ccc4c(c3)OCO4)nc21. The third kappa shape index (κ3) is 3.49. The van der Waals surface area contributed by atoms with Gasteiger partial charge < -0.3 is 14.8 Å². The second-order valence-electron chi connectivity index (χ2n) is 6.76. The van der Waals surface area contributed by atoms with E-state index in [0.29, 0.717) is 22.2 Å². The summed E-state index contributed by atoms with van der Waals surface area (Å²) in [7, 11) is 0. The van der Waals surface area contributed by atoms with Crippen LogP contribution in [0.1, 0.15) is 53.5 Å². The molecule has 1 aromatic carbocycles. The Hall–Kier alpha value is -2.61. The minimum Gasteiger partial charge on any atom is -0.454 e. The average molecular weight is 387 g/mol. The van der Waals surface area contributed by atoms with Gasteiger partial charge in [0.1, 0.15) is 0 Å². The zero-order chi connectivity index (χ0) is 19.0. The summed E-state index contributed by atoms with van der Waals surface area (Å²) >= 11 is 1.44. The second-order valence-corrected chi connectivity index (χ2v) is 7.84. The number of aromatic nitrogens is 1. The molecule has 1 aromatic heterocycles. The van der Waals surface area contributed by atoms with E-state index in [1.807, 2.05) is 13.8 Å². The van der Waals surface area contributed by atoms with Gasteiger partial charge in [0.15, 0.2) is 16.6 Å². The largest absolute Gasteiger partial charge is 0.454 e. The molecule has 2 atom stereocenters. The Morgan fingerprint density at radius 3 is 2.96 bits per heavy atom. The normalized spacial score (nSPS) is 18.1. The van der Waals surface area contributed by atoms with E-state index in [1.54, 1.807) is 18.2 Å². The van der Waals surface area contributed by atoms with Crippen molar-refractivity contribution in [3.8, 4) is 11.5 Å². The summed E-state index contributed by atoms with van der Waals surface area (Å²) in [5, 5.41) is 6.37. The molecule has 1 aliphatic heterocycles. The molecule has 2 aromatic rings. The molecule has 1 aliphatic carbocycles. The van der Waals surface area contributed by atoms with Crippen LogP contribution >= 0.6 is 11.3 Å². The maximum absolute atomic E-state index is 12.5. The molecule has 142 valence electrons. The maximum Gasteiger partial charge on any atom is 0.257 e. The number of carbonyl (C=O) groups is 2. The number of hydrogen-bond donors (Lipinski definition) is 2. The molecular weight excluding hydrogens is 366 g/mol. The maximum atomic E-state index is 12.5. The van der Waals surface area contributed by atoms with Gasteiger partial charge in [-0.1, -0.05) is 6.92 Å². The number of nitrogens with one attached hydrogen (secondary N) is 2. The smallest absolute Gasteiger partial charge is 0.257 e. The highest BCUT2D eigenvalue weighted by molar-refractivity contribution is 7.16. The fraction of sp³-hybridized carbons (Fsp3) is 0.421. The van der Waals surface area contributed by atoms with Crippen LogP contribution in [0.15, 0.2) is 18.2 Å². The third-order valence-corrected chi connectivity index (χ3v) is 5.94. The zero-order valence-electron chi connectivity index (χ0n) is 15.2. The molecule has 2 aliphatic rings. The van der Waals surface area contributed by atoms with E-state index in [1.165, 1.54) is 11.3 Å². The Bertz CT molecular complexity index is 895. The van der Waals surface area contributed by atoms with Crippen LogP contribution in [0.4, 0.5) is 5.13 Å². The van der Waals surface area contributed by atoms with Crippen molar-refractivity contribution >= 4 is 28.3 Å². The van der Waals surface area contributed by atoms with Crippen LogP contribution in [0, 0.1) is 0 Å². The number of thiazole rings is 1. The Labute approximate surface area is 161 Å². The van der Waals surface area contributed by atoms with E-state index in [4.69, 9.17) is 9.47 Å². The van der Waals surface area contributed by atoms with Crippen LogP contribution < -0.4 is 20.1 Å². The van der Waals surface area contributed by atoms with Gasteiger partial charge in [0, 0.05) is 16.5 Å². The molecule has 0 fully saturated rings. The monoisotopic (exact) mass is 387 g/mol. The fourth-order valence-electron chi connectivity index (χ4n) is 3.19. The third-order valence-electron chi connectivity index (χ3n) is 4.89. The van der Waals surface area contributed by atoms with Crippen molar-refractivity contribution in [3.05, 3.63) is 34.3 Å². The zero-order valence-corrected chi connectivity index (χ0v) is 16.0. The summed E-state index contributed by atoms with van der Waals surface area (Å²) in [5.74, 6) is 0.714. The van der Waals surface area contributed by atoms with Crippen LogP contribution in [0.25, 0.3) is 0 Å². The van der Waals surface area contributed by atoms with E-state index < -0.39 is 0 Å². The molecule has 4 rings (SSSR count). The first-order valence-electron chi connectivity index (χ1n) is 9.06. The van der Waals surface area contributed by atoms with Crippen molar-refractivity contribution in [1.29, 1.82) is 0 Å². The average Bonchev–Trinajstić information content (AvgIpc) is 3.35. The number of hydrogen-bond acceptors (Lipinski definition) is 6. The van der Waals surface area contributed by atoms with Gasteiger partial charge in [-0.2, -0.15) is 0 Å². The Kier molecular flexibility index (Phi) is 4.73. The van der Waals surface area contributed by atoms with Gasteiger partial charge in [-0.25, -0.2) is 4.98 Å². The summed E-state index contributed by atoms with van der Waals surface area (Å²) in [6.45, 7) is 4.20. The topological polar surface area (TPSA) is 89.6 Å². The van der Waals surface area contributed by atoms with Crippen LogP contribution in [-0.2, 0) is 11.2 Å². The number of anilines is 1. The number of rotatable bonds is 5. The van der Waals surface area contributed by atoms with E-state index in [0.717, 1.165) is 29.8 Å². The number of aryl methyl sites for hydroxylation is 1. The highest BCUT2D eigenvalue weighted by atomic mass is 32.1. The Balaban J connectivity index is 1.46. The molecule has 0 spiro atoms. The highest BCUT2D eigenvalue weighted by Crippen LogP contribution is 2.39. The van der Waals surface area contributed by atoms with Crippen molar-refractivity contribution in [3.63, 3.8) is 0 Å². The van der Waals surface area contributed by atoms with Crippen molar-refractivity contribution in [2.24, 2.45) is 0 Å². The summed E-state index contributed by atoms with van der Waals surface area (Å²) in [5.41, 5.74) is 1.27. The molecule has 0 radical (unpaired) electrons. The van der Waals surface area contributed by atoms with Crippen molar-refractivity contribution in [2.75, 3.05) is 12.1 Å². The summed E-state index contributed by atoms with van der Waals surface area (Å²) in [6.07, 6.45) is 2.47. The molecule has 0 bridgehead atoms. The first kappa shape index (κ1) is 17.8. The van der Waals surface area contributed by atoms with E-state index in [2.05, 4.69) is 15.6 Å². The number of amides is 2. The number of nitrogens with zero attached hydrogens (tertiary/aromatic N) is 1. The molecule has 2 heterocycles. The quantitative estimate of drug-likeness (QED) is 0.823. The van der Waals surface area contributed by atoms with Crippen LogP contribution in [0.3, 0.4) is 0 Å². The summed E-state index contributed by atoms with van der Waals surface area (Å²) in [4.78, 5) is 30.6. The number of ether oxygens (including phenoxy) is 2. The molecule has 2 amide bonds. The van der Waals surface area contributed by atoms with Crippen LogP contribution in [0.2, 0.25) is 0 Å². The van der Waals surface area contributed by atoms with Gasteiger partial charge in [-0.15, -0.1) is 11.3 Å². The molecule has 27 heavy (non-hydrogen) atoms. The predicted molar refractivity (Wildman–Crippen MR) is 102 cm³/mol. The number of benzene rings is 1. The minimum absolute atomic E-state index is 0.0158. The first-order chi connectivity index (χ1) is 13.0. The minimum atomic E-state index is -0.263. The molecular formula is C19H21N3O4S. The van der Waals surface area contributed by atoms with Crippen LogP contribution in [-0.4, -0.2) is 29.6 Å². The van der Waals surface area contributed by atoms with Gasteiger partial charge in [0.05, 0.1) is 11.6 Å². The summed E-state index contributed by atoms with van der Waals surface area (Å²) < 4.78 is 10.6. The lowest BCUT2D eigenvalue weighted by atomic mass is 10.1. The molecule has 0 saturated carbocycles. The fourth-order valence-corrected chi connectivity index (χ4v) is 4.22. The van der Waals surface area contributed by atoms with E-state index >= 15 is 0 Å². The van der Waals surface area contributed by atoms with Crippen molar-refractivity contribution < 1.29 is 19.1 Å². The molecule has 2 N–H and O–H groups in total. The Morgan fingerprint density at radius 2 is 2.15 bits per heavy atom. The van der Waals surface area contributed by atoms with Gasteiger partial charge in [0.2, 0.25) is 12.7 Å². The highest BCUT2D eigenvalue weighted by Gasteiger charge is 2.33. The lowest BCUT2D eigenvalue weighted by Crippen LogP contribution is -2.35. The lowest BCUT2D eigenvalue weighted by molar-refractivity contribution is -0.123. The molecule has 0 saturated heterocycles. The second kappa shape index (κ2) is 7.19.